The Labute approximate surface area is 119 Å². The van der Waals surface area contributed by atoms with Crippen LogP contribution in [0.1, 0.15) is 25.0 Å². The molecule has 2 heterocycles. The molecule has 1 N–H and O–H groups in total. The SMILES string of the molecule is COc1ccnc(CNC2CCOC2C2CC2)c1OC. The van der Waals surface area contributed by atoms with Crippen molar-refractivity contribution >= 4 is 0 Å². The highest BCUT2D eigenvalue weighted by Crippen LogP contribution is 2.39. The Balaban J connectivity index is 1.65. The Bertz CT molecular complexity index is 462. The molecular formula is C15H22N2O3. The smallest absolute Gasteiger partial charge is 0.183 e. The minimum atomic E-state index is 0.381. The van der Waals surface area contributed by atoms with Crippen molar-refractivity contribution in [3.63, 3.8) is 0 Å². The number of pyridine rings is 1. The molecule has 0 aromatic carbocycles. The van der Waals surface area contributed by atoms with E-state index in [-0.39, 0.29) is 0 Å². The largest absolute Gasteiger partial charge is 0.493 e. The van der Waals surface area contributed by atoms with Crippen LogP contribution in [0.5, 0.6) is 11.5 Å². The number of aromatic nitrogens is 1. The molecule has 1 aliphatic carbocycles. The predicted octanol–water partition coefficient (Wildman–Crippen LogP) is 1.76. The van der Waals surface area contributed by atoms with Crippen LogP contribution in [-0.2, 0) is 11.3 Å². The number of hydrogen-bond donors (Lipinski definition) is 1. The maximum atomic E-state index is 5.84. The van der Waals surface area contributed by atoms with Gasteiger partial charge in [0, 0.05) is 31.5 Å². The topological polar surface area (TPSA) is 52.6 Å². The molecule has 2 fully saturated rings. The van der Waals surface area contributed by atoms with Gasteiger partial charge in [0.25, 0.3) is 0 Å². The number of rotatable bonds is 6. The van der Waals surface area contributed by atoms with Gasteiger partial charge in [-0.1, -0.05) is 0 Å². The molecule has 2 aliphatic rings. The molecule has 0 bridgehead atoms. The second kappa shape index (κ2) is 5.97. The summed E-state index contributed by atoms with van der Waals surface area (Å²) in [7, 11) is 3.29. The minimum Gasteiger partial charge on any atom is -0.493 e. The van der Waals surface area contributed by atoms with Gasteiger partial charge in [-0.15, -0.1) is 0 Å². The summed E-state index contributed by atoms with van der Waals surface area (Å²) in [5, 5.41) is 3.57. The lowest BCUT2D eigenvalue weighted by atomic mass is 10.1. The fourth-order valence-corrected chi connectivity index (χ4v) is 2.92. The highest BCUT2D eigenvalue weighted by molar-refractivity contribution is 5.42. The van der Waals surface area contributed by atoms with Crippen molar-refractivity contribution in [1.82, 2.24) is 10.3 Å². The first kappa shape index (κ1) is 13.6. The number of nitrogens with zero attached hydrogens (tertiary/aromatic N) is 1. The predicted molar refractivity (Wildman–Crippen MR) is 75.0 cm³/mol. The standard InChI is InChI=1S/C15H22N2O3/c1-18-13-5-7-16-12(15(13)19-2)9-17-11-6-8-20-14(11)10-3-4-10/h5,7,10-11,14,17H,3-4,6,8-9H2,1-2H3. The van der Waals surface area contributed by atoms with Crippen LogP contribution in [0.25, 0.3) is 0 Å². The van der Waals surface area contributed by atoms with Crippen LogP contribution >= 0.6 is 0 Å². The van der Waals surface area contributed by atoms with Crippen LogP contribution in [0.15, 0.2) is 12.3 Å². The maximum Gasteiger partial charge on any atom is 0.183 e. The van der Waals surface area contributed by atoms with Crippen LogP contribution in [0.4, 0.5) is 0 Å². The average molecular weight is 278 g/mol. The second-order valence-electron chi connectivity index (χ2n) is 5.44. The van der Waals surface area contributed by atoms with Crippen LogP contribution in [-0.4, -0.2) is 38.0 Å². The summed E-state index contributed by atoms with van der Waals surface area (Å²) in [6.07, 6.45) is 5.83. The summed E-state index contributed by atoms with van der Waals surface area (Å²) in [4.78, 5) is 4.40. The molecular weight excluding hydrogens is 256 g/mol. The molecule has 0 amide bonds. The van der Waals surface area contributed by atoms with E-state index in [9.17, 15) is 0 Å². The van der Waals surface area contributed by atoms with Gasteiger partial charge in [0.15, 0.2) is 11.5 Å². The Morgan fingerprint density at radius 2 is 2.15 bits per heavy atom. The van der Waals surface area contributed by atoms with Gasteiger partial charge in [0.1, 0.15) is 0 Å². The molecule has 0 spiro atoms. The van der Waals surface area contributed by atoms with Crippen LogP contribution in [0.2, 0.25) is 0 Å². The van der Waals surface area contributed by atoms with Crippen molar-refractivity contribution in [3.8, 4) is 11.5 Å². The van der Waals surface area contributed by atoms with E-state index in [0.29, 0.717) is 24.4 Å². The summed E-state index contributed by atoms with van der Waals surface area (Å²) in [5.74, 6) is 2.19. The van der Waals surface area contributed by atoms with E-state index in [0.717, 1.165) is 30.4 Å². The molecule has 5 nitrogen and oxygen atoms in total. The quantitative estimate of drug-likeness (QED) is 0.859. The van der Waals surface area contributed by atoms with Gasteiger partial charge in [0.05, 0.1) is 26.0 Å². The van der Waals surface area contributed by atoms with E-state index in [1.54, 1.807) is 20.4 Å². The van der Waals surface area contributed by atoms with E-state index in [1.165, 1.54) is 12.8 Å². The highest BCUT2D eigenvalue weighted by Gasteiger charge is 2.40. The fraction of sp³-hybridized carbons (Fsp3) is 0.667. The zero-order valence-electron chi connectivity index (χ0n) is 12.1. The summed E-state index contributed by atoms with van der Waals surface area (Å²) in [6, 6.07) is 2.24. The summed E-state index contributed by atoms with van der Waals surface area (Å²) >= 11 is 0. The Hall–Kier alpha value is -1.33. The molecule has 5 heteroatoms. The third-order valence-electron chi connectivity index (χ3n) is 4.12. The zero-order valence-corrected chi connectivity index (χ0v) is 12.1. The van der Waals surface area contributed by atoms with Crippen molar-refractivity contribution in [3.05, 3.63) is 18.0 Å². The van der Waals surface area contributed by atoms with Gasteiger partial charge >= 0.3 is 0 Å². The van der Waals surface area contributed by atoms with E-state index in [1.807, 2.05) is 6.07 Å². The fourth-order valence-electron chi connectivity index (χ4n) is 2.92. The van der Waals surface area contributed by atoms with Gasteiger partial charge < -0.3 is 19.5 Å². The second-order valence-corrected chi connectivity index (χ2v) is 5.44. The lowest BCUT2D eigenvalue weighted by Crippen LogP contribution is -2.37. The Morgan fingerprint density at radius 1 is 1.30 bits per heavy atom. The first-order chi connectivity index (χ1) is 9.83. The maximum absolute atomic E-state index is 5.84. The lowest BCUT2D eigenvalue weighted by molar-refractivity contribution is 0.0807. The lowest BCUT2D eigenvalue weighted by Gasteiger charge is -2.20. The molecule has 2 unspecified atom stereocenters. The average Bonchev–Trinajstić information content (AvgIpc) is 3.23. The van der Waals surface area contributed by atoms with Crippen molar-refractivity contribution in [2.24, 2.45) is 5.92 Å². The van der Waals surface area contributed by atoms with Crippen molar-refractivity contribution < 1.29 is 14.2 Å². The number of hydrogen-bond acceptors (Lipinski definition) is 5. The molecule has 1 saturated carbocycles. The highest BCUT2D eigenvalue weighted by atomic mass is 16.5. The minimum absolute atomic E-state index is 0.381. The van der Waals surface area contributed by atoms with E-state index < -0.39 is 0 Å². The van der Waals surface area contributed by atoms with Gasteiger partial charge in [0.2, 0.25) is 0 Å². The Morgan fingerprint density at radius 3 is 2.85 bits per heavy atom. The number of methoxy groups -OCH3 is 2. The molecule has 0 radical (unpaired) electrons. The van der Waals surface area contributed by atoms with Crippen LogP contribution in [0, 0.1) is 5.92 Å². The molecule has 1 aromatic heterocycles. The summed E-state index contributed by atoms with van der Waals surface area (Å²) in [6.45, 7) is 1.54. The normalized spacial score (nSPS) is 25.7. The van der Waals surface area contributed by atoms with Crippen LogP contribution < -0.4 is 14.8 Å². The molecule has 2 atom stereocenters. The first-order valence-corrected chi connectivity index (χ1v) is 7.24. The molecule has 20 heavy (non-hydrogen) atoms. The van der Waals surface area contributed by atoms with Gasteiger partial charge in [-0.05, 0) is 25.2 Å². The number of nitrogens with one attached hydrogen (secondary N) is 1. The zero-order chi connectivity index (χ0) is 13.9. The third kappa shape index (κ3) is 2.74. The number of ether oxygens (including phenoxy) is 3. The van der Waals surface area contributed by atoms with Crippen LogP contribution in [0.3, 0.4) is 0 Å². The molecule has 1 aromatic rings. The molecule has 110 valence electrons. The summed E-state index contributed by atoms with van der Waals surface area (Å²) in [5.41, 5.74) is 0.883. The van der Waals surface area contributed by atoms with Gasteiger partial charge in [-0.25, -0.2) is 0 Å². The van der Waals surface area contributed by atoms with Crippen molar-refractivity contribution in [1.29, 1.82) is 0 Å². The van der Waals surface area contributed by atoms with E-state index >= 15 is 0 Å². The summed E-state index contributed by atoms with van der Waals surface area (Å²) < 4.78 is 16.6. The van der Waals surface area contributed by atoms with Gasteiger partial charge in [-0.2, -0.15) is 0 Å². The van der Waals surface area contributed by atoms with E-state index in [4.69, 9.17) is 14.2 Å². The molecule has 1 aliphatic heterocycles. The third-order valence-corrected chi connectivity index (χ3v) is 4.12. The molecule has 3 rings (SSSR count). The van der Waals surface area contributed by atoms with Crippen molar-refractivity contribution in [2.75, 3.05) is 20.8 Å². The van der Waals surface area contributed by atoms with Crippen molar-refractivity contribution in [2.45, 2.75) is 38.0 Å². The van der Waals surface area contributed by atoms with E-state index in [2.05, 4.69) is 10.3 Å². The Kier molecular flexibility index (Phi) is 4.08. The first-order valence-electron chi connectivity index (χ1n) is 7.24. The monoisotopic (exact) mass is 278 g/mol. The van der Waals surface area contributed by atoms with Gasteiger partial charge in [-0.3, -0.25) is 4.98 Å². The molecule has 1 saturated heterocycles.